The van der Waals surface area contributed by atoms with Gasteiger partial charge in [-0.2, -0.15) is 0 Å². The predicted molar refractivity (Wildman–Crippen MR) is 65.9 cm³/mol. The zero-order valence-electron chi connectivity index (χ0n) is 11.6. The average Bonchev–Trinajstić information content (AvgIpc) is 2.11. The van der Waals surface area contributed by atoms with Crippen LogP contribution in [0.5, 0.6) is 0 Å². The second-order valence-electron chi connectivity index (χ2n) is 5.81. The molecule has 0 aliphatic heterocycles. The van der Waals surface area contributed by atoms with Gasteiger partial charge in [0.25, 0.3) is 5.60 Å². The third kappa shape index (κ3) is 4.27. The molecule has 0 rings (SSSR count). The number of esters is 1. The van der Waals surface area contributed by atoms with Crippen molar-refractivity contribution in [2.24, 2.45) is 11.7 Å². The summed E-state index contributed by atoms with van der Waals surface area (Å²) in [5.41, 5.74) is 2.04. The molecule has 0 aromatic rings. The van der Waals surface area contributed by atoms with Crippen molar-refractivity contribution in [1.29, 1.82) is 0 Å². The van der Waals surface area contributed by atoms with E-state index in [1.165, 1.54) is 0 Å². The molecule has 0 heterocycles. The van der Waals surface area contributed by atoms with Crippen LogP contribution < -0.4 is 5.73 Å². The monoisotopic (exact) mass is 261 g/mol. The minimum absolute atomic E-state index is 0.0494. The molecular weight excluding hydrogens is 238 g/mol. The second-order valence-corrected chi connectivity index (χ2v) is 5.81. The summed E-state index contributed by atoms with van der Waals surface area (Å²) in [6.45, 7) is 8.39. The smallest absolute Gasteiger partial charge is 0.352 e. The predicted octanol–water partition coefficient (Wildman–Crippen LogP) is 0.517. The number of rotatable bonds is 5. The zero-order chi connectivity index (χ0) is 14.7. The van der Waals surface area contributed by atoms with Crippen molar-refractivity contribution >= 4 is 11.9 Å². The van der Waals surface area contributed by atoms with Crippen LogP contribution in [-0.4, -0.2) is 39.4 Å². The van der Waals surface area contributed by atoms with E-state index in [1.54, 1.807) is 20.8 Å². The van der Waals surface area contributed by atoms with E-state index >= 15 is 0 Å². The zero-order valence-corrected chi connectivity index (χ0v) is 11.6. The highest BCUT2D eigenvalue weighted by molar-refractivity contribution is 6.03. The topological polar surface area (TPSA) is 110 Å². The molecule has 0 unspecified atom stereocenters. The Balaban J connectivity index is 5.15. The third-order valence-corrected chi connectivity index (χ3v) is 2.30. The molecule has 0 amide bonds. The summed E-state index contributed by atoms with van der Waals surface area (Å²) in [5, 5.41) is 19.1. The Morgan fingerprint density at radius 1 is 1.28 bits per heavy atom. The van der Waals surface area contributed by atoms with Gasteiger partial charge in [0.05, 0.1) is 6.04 Å². The Labute approximate surface area is 107 Å². The third-order valence-electron chi connectivity index (χ3n) is 2.30. The molecule has 18 heavy (non-hydrogen) atoms. The van der Waals surface area contributed by atoms with Crippen molar-refractivity contribution in [1.82, 2.24) is 0 Å². The molecule has 0 spiro atoms. The van der Waals surface area contributed by atoms with Crippen LogP contribution in [0, 0.1) is 5.92 Å². The van der Waals surface area contributed by atoms with Crippen molar-refractivity contribution < 1.29 is 24.5 Å². The van der Waals surface area contributed by atoms with E-state index in [1.807, 2.05) is 13.8 Å². The molecule has 0 bridgehead atoms. The lowest BCUT2D eigenvalue weighted by atomic mass is 9.88. The van der Waals surface area contributed by atoms with Crippen LogP contribution in [0.25, 0.3) is 0 Å². The molecule has 0 aliphatic carbocycles. The molecular formula is C12H23NO5. The number of nitrogens with two attached hydrogens (primary N) is 1. The summed E-state index contributed by atoms with van der Waals surface area (Å²) in [6.07, 6.45) is 0.196. The van der Waals surface area contributed by atoms with Gasteiger partial charge in [0.15, 0.2) is 0 Å². The van der Waals surface area contributed by atoms with Crippen molar-refractivity contribution in [3.05, 3.63) is 0 Å². The maximum Gasteiger partial charge on any atom is 0.352 e. The first-order valence-corrected chi connectivity index (χ1v) is 5.86. The fourth-order valence-electron chi connectivity index (χ4n) is 1.43. The highest BCUT2D eigenvalue weighted by Gasteiger charge is 2.52. The Bertz CT molecular complexity index is 321. The molecule has 4 N–H and O–H groups in total. The molecule has 2 atom stereocenters. The summed E-state index contributed by atoms with van der Waals surface area (Å²) in [7, 11) is 0. The van der Waals surface area contributed by atoms with Gasteiger partial charge in [-0.25, -0.2) is 9.59 Å². The van der Waals surface area contributed by atoms with E-state index in [2.05, 4.69) is 0 Å². The van der Waals surface area contributed by atoms with Gasteiger partial charge in [0.2, 0.25) is 0 Å². The van der Waals surface area contributed by atoms with Gasteiger partial charge in [0.1, 0.15) is 5.60 Å². The van der Waals surface area contributed by atoms with Crippen LogP contribution in [0.3, 0.4) is 0 Å². The number of carbonyl (C=O) groups excluding carboxylic acids is 1. The van der Waals surface area contributed by atoms with Crippen LogP contribution >= 0.6 is 0 Å². The van der Waals surface area contributed by atoms with Gasteiger partial charge >= 0.3 is 11.9 Å². The van der Waals surface area contributed by atoms with Crippen LogP contribution in [0.4, 0.5) is 0 Å². The number of ether oxygens (including phenoxy) is 1. The molecule has 0 saturated carbocycles. The Kier molecular flexibility index (Phi) is 5.31. The Hall–Kier alpha value is -1.14. The lowest BCUT2D eigenvalue weighted by Crippen LogP contribution is -2.61. The van der Waals surface area contributed by atoms with Crippen molar-refractivity contribution in [2.75, 3.05) is 0 Å². The summed E-state index contributed by atoms with van der Waals surface area (Å²) >= 11 is 0. The summed E-state index contributed by atoms with van der Waals surface area (Å²) in [5.74, 6) is -2.87. The molecule has 0 aromatic heterocycles. The van der Waals surface area contributed by atoms with Crippen molar-refractivity contribution in [2.45, 2.75) is 58.3 Å². The van der Waals surface area contributed by atoms with Crippen molar-refractivity contribution in [3.8, 4) is 0 Å². The highest BCUT2D eigenvalue weighted by Crippen LogP contribution is 2.21. The van der Waals surface area contributed by atoms with Crippen LogP contribution in [0.15, 0.2) is 0 Å². The van der Waals surface area contributed by atoms with Gasteiger partial charge in [-0.3, -0.25) is 0 Å². The van der Waals surface area contributed by atoms with E-state index in [0.29, 0.717) is 0 Å². The fourth-order valence-corrected chi connectivity index (χ4v) is 1.43. The molecule has 106 valence electrons. The van der Waals surface area contributed by atoms with Gasteiger partial charge in [-0.15, -0.1) is 0 Å². The molecule has 6 heteroatoms. The summed E-state index contributed by atoms with van der Waals surface area (Å²) < 4.78 is 4.92. The maximum atomic E-state index is 11.8. The normalized spacial score (nSPS) is 17.1. The quantitative estimate of drug-likeness (QED) is 0.491. The summed E-state index contributed by atoms with van der Waals surface area (Å²) in [4.78, 5) is 23.0. The first kappa shape index (κ1) is 16.9. The largest absolute Gasteiger partial charge is 0.479 e. The van der Waals surface area contributed by atoms with Gasteiger partial charge < -0.3 is 20.7 Å². The second kappa shape index (κ2) is 5.67. The van der Waals surface area contributed by atoms with Gasteiger partial charge in [-0.05, 0) is 33.1 Å². The maximum absolute atomic E-state index is 11.8. The van der Waals surface area contributed by atoms with Gasteiger partial charge in [0, 0.05) is 0 Å². The first-order chi connectivity index (χ1) is 7.91. The SMILES string of the molecule is CC(C)C[C@H](N)[C@](O)(C(=O)O)C(=O)OC(C)(C)C. The van der Waals surface area contributed by atoms with Crippen LogP contribution in [-0.2, 0) is 14.3 Å². The Morgan fingerprint density at radius 3 is 2.00 bits per heavy atom. The summed E-state index contributed by atoms with van der Waals surface area (Å²) in [6, 6.07) is -1.22. The van der Waals surface area contributed by atoms with E-state index in [-0.39, 0.29) is 12.3 Å². The number of hydrogen-bond acceptors (Lipinski definition) is 5. The number of carbonyl (C=O) groups is 2. The number of aliphatic hydroxyl groups is 1. The first-order valence-electron chi connectivity index (χ1n) is 5.86. The minimum Gasteiger partial charge on any atom is -0.479 e. The molecule has 0 radical (unpaired) electrons. The number of hydrogen-bond donors (Lipinski definition) is 3. The van der Waals surface area contributed by atoms with Crippen LogP contribution in [0.1, 0.15) is 41.0 Å². The molecule has 6 nitrogen and oxygen atoms in total. The number of carboxylic acid groups (broad SMARTS) is 1. The minimum atomic E-state index is -2.71. The fraction of sp³-hybridized carbons (Fsp3) is 0.833. The van der Waals surface area contributed by atoms with E-state index in [4.69, 9.17) is 15.6 Å². The standard InChI is InChI=1S/C12H23NO5/c1-7(2)6-8(13)12(17,9(14)15)10(16)18-11(3,4)5/h7-8,17H,6,13H2,1-5H3,(H,14,15)/t8-,12-/m0/s1. The lowest BCUT2D eigenvalue weighted by molar-refractivity contribution is -0.190. The lowest BCUT2D eigenvalue weighted by Gasteiger charge is -2.31. The molecule has 0 aromatic carbocycles. The van der Waals surface area contributed by atoms with Gasteiger partial charge in [-0.1, -0.05) is 13.8 Å². The molecule has 0 saturated heterocycles. The van der Waals surface area contributed by atoms with Crippen LogP contribution in [0.2, 0.25) is 0 Å². The Morgan fingerprint density at radius 2 is 1.72 bits per heavy atom. The number of carboxylic acids is 1. The van der Waals surface area contributed by atoms with E-state index in [9.17, 15) is 14.7 Å². The molecule has 0 fully saturated rings. The van der Waals surface area contributed by atoms with Crippen molar-refractivity contribution in [3.63, 3.8) is 0 Å². The molecule has 0 aliphatic rings. The van der Waals surface area contributed by atoms with E-state index in [0.717, 1.165) is 0 Å². The number of aliphatic carboxylic acids is 1. The average molecular weight is 261 g/mol. The van der Waals surface area contributed by atoms with E-state index < -0.39 is 29.2 Å². The highest BCUT2D eigenvalue weighted by atomic mass is 16.6.